The van der Waals surface area contributed by atoms with Crippen LogP contribution in [0.2, 0.25) is 0 Å². The average Bonchev–Trinajstić information content (AvgIpc) is 2.48. The normalized spacial score (nSPS) is 12.5. The second-order valence-electron chi connectivity index (χ2n) is 4.92. The number of aryl methyl sites for hydroxylation is 1. The molecule has 0 fully saturated rings. The fourth-order valence-electron chi connectivity index (χ4n) is 2.57. The summed E-state index contributed by atoms with van der Waals surface area (Å²) in [5.74, 6) is 0. The second kappa shape index (κ2) is 5.39. The lowest BCUT2D eigenvalue weighted by atomic mass is 9.97. The van der Waals surface area contributed by atoms with Crippen molar-refractivity contribution >= 4 is 10.8 Å². The number of hydrogen-bond donors (Lipinski definition) is 1. The number of nitrogens with one attached hydrogen (secondary N) is 1. The molecule has 100 valence electrons. The maximum Gasteiger partial charge on any atom is 0.0755 e. The van der Waals surface area contributed by atoms with Gasteiger partial charge >= 0.3 is 0 Å². The van der Waals surface area contributed by atoms with Crippen LogP contribution in [0.3, 0.4) is 0 Å². The molecule has 0 aliphatic rings. The number of rotatable bonds is 3. The Morgan fingerprint density at radius 2 is 2.00 bits per heavy atom. The summed E-state index contributed by atoms with van der Waals surface area (Å²) in [5, 5.41) is 5.73. The van der Waals surface area contributed by atoms with E-state index in [2.05, 4.69) is 46.5 Å². The first-order chi connectivity index (χ1) is 9.79. The van der Waals surface area contributed by atoms with Crippen molar-refractivity contribution in [1.82, 2.24) is 15.3 Å². The van der Waals surface area contributed by atoms with Crippen LogP contribution in [0.15, 0.2) is 55.0 Å². The van der Waals surface area contributed by atoms with Gasteiger partial charge in [-0.2, -0.15) is 0 Å². The largest absolute Gasteiger partial charge is 0.308 e. The van der Waals surface area contributed by atoms with E-state index in [9.17, 15) is 0 Å². The van der Waals surface area contributed by atoms with Gasteiger partial charge < -0.3 is 5.32 Å². The molecule has 2 aromatic heterocycles. The van der Waals surface area contributed by atoms with Crippen LogP contribution >= 0.6 is 0 Å². The summed E-state index contributed by atoms with van der Waals surface area (Å²) >= 11 is 0. The fourth-order valence-corrected chi connectivity index (χ4v) is 2.57. The predicted octanol–water partition coefficient (Wildman–Crippen LogP) is 3.25. The number of hydrogen-bond acceptors (Lipinski definition) is 3. The Morgan fingerprint density at radius 1 is 1.10 bits per heavy atom. The lowest BCUT2D eigenvalue weighted by Gasteiger charge is -2.18. The fraction of sp³-hybridized carbons (Fsp3) is 0.176. The molecule has 0 amide bonds. The Labute approximate surface area is 118 Å². The van der Waals surface area contributed by atoms with E-state index in [0.717, 1.165) is 11.1 Å². The van der Waals surface area contributed by atoms with Gasteiger partial charge in [0.2, 0.25) is 0 Å². The molecule has 0 aliphatic carbocycles. The Bertz CT molecular complexity index is 732. The SMILES string of the molecule is CNC(c1cc(C)ccn1)c1cccc2ccncc12. The van der Waals surface area contributed by atoms with E-state index >= 15 is 0 Å². The molecule has 3 heteroatoms. The topological polar surface area (TPSA) is 37.8 Å². The Hall–Kier alpha value is -2.26. The number of fused-ring (bicyclic) bond motifs is 1. The van der Waals surface area contributed by atoms with Gasteiger partial charge in [0.1, 0.15) is 0 Å². The second-order valence-corrected chi connectivity index (χ2v) is 4.92. The van der Waals surface area contributed by atoms with Crippen LogP contribution in [0.1, 0.15) is 22.9 Å². The molecular formula is C17H17N3. The van der Waals surface area contributed by atoms with Gasteiger partial charge in [0, 0.05) is 24.0 Å². The molecule has 3 rings (SSSR count). The van der Waals surface area contributed by atoms with E-state index in [1.54, 1.807) is 0 Å². The summed E-state index contributed by atoms with van der Waals surface area (Å²) in [5.41, 5.74) is 3.45. The summed E-state index contributed by atoms with van der Waals surface area (Å²) in [6, 6.07) is 12.6. The first-order valence-corrected chi connectivity index (χ1v) is 6.72. The van der Waals surface area contributed by atoms with Crippen LogP contribution in [0.4, 0.5) is 0 Å². The number of pyridine rings is 2. The molecule has 0 bridgehead atoms. The van der Waals surface area contributed by atoms with Gasteiger partial charge in [-0.1, -0.05) is 18.2 Å². The summed E-state index contributed by atoms with van der Waals surface area (Å²) in [7, 11) is 1.96. The summed E-state index contributed by atoms with van der Waals surface area (Å²) < 4.78 is 0. The summed E-state index contributed by atoms with van der Waals surface area (Å²) in [6.07, 6.45) is 5.61. The van der Waals surface area contributed by atoms with Gasteiger partial charge in [-0.3, -0.25) is 9.97 Å². The third-order valence-electron chi connectivity index (χ3n) is 3.55. The first-order valence-electron chi connectivity index (χ1n) is 6.72. The van der Waals surface area contributed by atoms with Gasteiger partial charge in [-0.25, -0.2) is 0 Å². The minimum Gasteiger partial charge on any atom is -0.308 e. The molecule has 1 unspecified atom stereocenters. The van der Waals surface area contributed by atoms with Crippen molar-refractivity contribution < 1.29 is 0 Å². The molecule has 3 nitrogen and oxygen atoms in total. The molecule has 1 N–H and O–H groups in total. The van der Waals surface area contributed by atoms with Crippen molar-refractivity contribution in [1.29, 1.82) is 0 Å². The lowest BCUT2D eigenvalue weighted by Crippen LogP contribution is -2.19. The molecule has 0 aliphatic heterocycles. The monoisotopic (exact) mass is 263 g/mol. The third kappa shape index (κ3) is 2.28. The van der Waals surface area contributed by atoms with E-state index in [4.69, 9.17) is 0 Å². The smallest absolute Gasteiger partial charge is 0.0755 e. The summed E-state index contributed by atoms with van der Waals surface area (Å²) in [4.78, 5) is 8.76. The molecular weight excluding hydrogens is 246 g/mol. The van der Waals surface area contributed by atoms with Crippen molar-refractivity contribution in [3.63, 3.8) is 0 Å². The van der Waals surface area contributed by atoms with Crippen LogP contribution in [-0.2, 0) is 0 Å². The molecule has 20 heavy (non-hydrogen) atoms. The van der Waals surface area contributed by atoms with Crippen molar-refractivity contribution in [2.45, 2.75) is 13.0 Å². The standard InChI is InChI=1S/C17H17N3/c1-12-6-9-20-16(10-12)17(18-2)14-5-3-4-13-7-8-19-11-15(13)14/h3-11,17-18H,1-2H3. The Kier molecular flexibility index (Phi) is 3.44. The third-order valence-corrected chi connectivity index (χ3v) is 3.55. The Morgan fingerprint density at radius 3 is 2.80 bits per heavy atom. The van der Waals surface area contributed by atoms with Gasteiger partial charge in [-0.05, 0) is 48.7 Å². The molecule has 0 spiro atoms. The maximum atomic E-state index is 4.51. The predicted molar refractivity (Wildman–Crippen MR) is 81.6 cm³/mol. The maximum absolute atomic E-state index is 4.51. The lowest BCUT2D eigenvalue weighted by molar-refractivity contribution is 0.675. The molecule has 3 aromatic rings. The van der Waals surface area contributed by atoms with Gasteiger partial charge in [-0.15, -0.1) is 0 Å². The number of nitrogens with zero attached hydrogens (tertiary/aromatic N) is 2. The molecule has 2 heterocycles. The van der Waals surface area contributed by atoms with Crippen LogP contribution in [-0.4, -0.2) is 17.0 Å². The van der Waals surface area contributed by atoms with Crippen molar-refractivity contribution in [3.05, 3.63) is 71.8 Å². The highest BCUT2D eigenvalue weighted by atomic mass is 14.9. The van der Waals surface area contributed by atoms with E-state index < -0.39 is 0 Å². The minimum absolute atomic E-state index is 0.0720. The minimum atomic E-state index is 0.0720. The van der Waals surface area contributed by atoms with Crippen LogP contribution in [0.25, 0.3) is 10.8 Å². The van der Waals surface area contributed by atoms with Crippen molar-refractivity contribution in [2.24, 2.45) is 0 Å². The number of benzene rings is 1. The zero-order valence-corrected chi connectivity index (χ0v) is 11.7. The highest BCUT2D eigenvalue weighted by Crippen LogP contribution is 2.27. The van der Waals surface area contributed by atoms with Crippen LogP contribution in [0.5, 0.6) is 0 Å². The quantitative estimate of drug-likeness (QED) is 0.788. The van der Waals surface area contributed by atoms with Gasteiger partial charge in [0.25, 0.3) is 0 Å². The molecule has 1 atom stereocenters. The Balaban J connectivity index is 2.17. The highest BCUT2D eigenvalue weighted by molar-refractivity contribution is 5.85. The average molecular weight is 263 g/mol. The van der Waals surface area contributed by atoms with E-state index in [0.29, 0.717) is 0 Å². The zero-order chi connectivity index (χ0) is 13.9. The first kappa shape index (κ1) is 12.8. The summed E-state index contributed by atoms with van der Waals surface area (Å²) in [6.45, 7) is 2.09. The molecule has 0 radical (unpaired) electrons. The number of aromatic nitrogens is 2. The zero-order valence-electron chi connectivity index (χ0n) is 11.7. The van der Waals surface area contributed by atoms with E-state index in [-0.39, 0.29) is 6.04 Å². The molecule has 0 saturated heterocycles. The van der Waals surface area contributed by atoms with Crippen molar-refractivity contribution in [2.75, 3.05) is 7.05 Å². The van der Waals surface area contributed by atoms with E-state index in [1.807, 2.05) is 37.8 Å². The molecule has 0 saturated carbocycles. The van der Waals surface area contributed by atoms with Gasteiger partial charge in [0.15, 0.2) is 0 Å². The van der Waals surface area contributed by atoms with Crippen LogP contribution in [0, 0.1) is 6.92 Å². The highest BCUT2D eigenvalue weighted by Gasteiger charge is 2.16. The van der Waals surface area contributed by atoms with Crippen LogP contribution < -0.4 is 5.32 Å². The van der Waals surface area contributed by atoms with Crippen molar-refractivity contribution in [3.8, 4) is 0 Å². The van der Waals surface area contributed by atoms with E-state index in [1.165, 1.54) is 16.5 Å². The molecule has 1 aromatic carbocycles. The van der Waals surface area contributed by atoms with Gasteiger partial charge in [0.05, 0.1) is 11.7 Å².